The molecular weight excluding hydrogens is 436 g/mol. The lowest BCUT2D eigenvalue weighted by Gasteiger charge is -2.32. The van der Waals surface area contributed by atoms with Crippen molar-refractivity contribution in [1.29, 1.82) is 0 Å². The molecule has 4 heterocycles. The average molecular weight is 473 g/mol. The van der Waals surface area contributed by atoms with E-state index in [1.165, 1.54) is 16.7 Å². The van der Waals surface area contributed by atoms with Crippen molar-refractivity contribution in [2.45, 2.75) is 39.3 Å². The fourth-order valence-corrected chi connectivity index (χ4v) is 5.02. The number of rotatable bonds is 5. The quantitative estimate of drug-likeness (QED) is 0.721. The maximum absolute atomic E-state index is 12.3. The van der Waals surface area contributed by atoms with Crippen molar-refractivity contribution in [3.8, 4) is 11.1 Å². The molecule has 2 aliphatic heterocycles. The molecule has 5 rings (SSSR count). The first-order valence-corrected chi connectivity index (χ1v) is 12.8. The molecule has 0 radical (unpaired) electrons. The highest BCUT2D eigenvalue weighted by molar-refractivity contribution is 5.86. The van der Waals surface area contributed by atoms with Gasteiger partial charge in [-0.2, -0.15) is 0 Å². The number of aromatic nitrogens is 2. The van der Waals surface area contributed by atoms with Crippen LogP contribution in [-0.4, -0.2) is 83.1 Å². The van der Waals surface area contributed by atoms with Crippen LogP contribution in [0.4, 0.5) is 4.79 Å². The van der Waals surface area contributed by atoms with Crippen LogP contribution in [0.5, 0.6) is 0 Å². The third-order valence-electron chi connectivity index (χ3n) is 7.15. The van der Waals surface area contributed by atoms with Crippen LogP contribution in [0.3, 0.4) is 0 Å². The number of hydrogen-bond donors (Lipinski definition) is 1. The van der Waals surface area contributed by atoms with E-state index in [-0.39, 0.29) is 12.1 Å². The van der Waals surface area contributed by atoms with Crippen molar-refractivity contribution in [2.24, 2.45) is 0 Å². The number of amides is 2. The van der Waals surface area contributed by atoms with Gasteiger partial charge in [0.05, 0.1) is 11.4 Å². The van der Waals surface area contributed by atoms with Gasteiger partial charge in [-0.3, -0.25) is 14.9 Å². The molecule has 7 nitrogen and oxygen atoms in total. The molecule has 35 heavy (non-hydrogen) atoms. The Balaban J connectivity index is 1.27. The van der Waals surface area contributed by atoms with Gasteiger partial charge in [0.2, 0.25) is 0 Å². The Bertz CT molecular complexity index is 1130. The predicted octanol–water partition coefficient (Wildman–Crippen LogP) is 3.58. The summed E-state index contributed by atoms with van der Waals surface area (Å²) >= 11 is 0. The molecule has 1 saturated heterocycles. The standard InChI is InChI=1S/C28H36N6O/c1-20(2)31-28(35)34-10-8-21(9-11-34)25-6-7-27-26(25)16-23(18-30-27)22-4-5-24(29-17-22)19-33-14-12-32(3)13-15-33/h4-6,8,16-18,20H,7,9-15,19H2,1-3H3,(H,31,35). The van der Waals surface area contributed by atoms with Crippen molar-refractivity contribution < 1.29 is 4.79 Å². The second-order valence-electron chi connectivity index (χ2n) is 10.2. The number of urea groups is 1. The lowest BCUT2D eigenvalue weighted by molar-refractivity contribution is 0.147. The van der Waals surface area contributed by atoms with Gasteiger partial charge in [0.15, 0.2) is 0 Å². The number of fused-ring (bicyclic) bond motifs is 1. The Labute approximate surface area is 208 Å². The first-order chi connectivity index (χ1) is 17.0. The number of hydrogen-bond acceptors (Lipinski definition) is 5. The van der Waals surface area contributed by atoms with Gasteiger partial charge < -0.3 is 15.1 Å². The molecule has 7 heteroatoms. The molecule has 0 aromatic carbocycles. The summed E-state index contributed by atoms with van der Waals surface area (Å²) in [4.78, 5) is 28.6. The zero-order valence-electron chi connectivity index (χ0n) is 21.1. The Morgan fingerprint density at radius 2 is 1.83 bits per heavy atom. The molecule has 2 amide bonds. The first kappa shape index (κ1) is 23.7. The van der Waals surface area contributed by atoms with E-state index in [0.717, 1.165) is 74.6 Å². The van der Waals surface area contributed by atoms with E-state index in [0.29, 0.717) is 6.54 Å². The largest absolute Gasteiger partial charge is 0.336 e. The Morgan fingerprint density at radius 1 is 1.03 bits per heavy atom. The molecule has 0 saturated carbocycles. The molecule has 0 bridgehead atoms. The summed E-state index contributed by atoms with van der Waals surface area (Å²) in [6.45, 7) is 10.7. The highest BCUT2D eigenvalue weighted by atomic mass is 16.2. The van der Waals surface area contributed by atoms with Gasteiger partial charge in [0.25, 0.3) is 0 Å². The summed E-state index contributed by atoms with van der Waals surface area (Å²) in [5.41, 5.74) is 8.26. The molecule has 0 unspecified atom stereocenters. The average Bonchev–Trinajstić information content (AvgIpc) is 3.29. The Kier molecular flexibility index (Phi) is 6.97. The van der Waals surface area contributed by atoms with Gasteiger partial charge in [0.1, 0.15) is 0 Å². The van der Waals surface area contributed by atoms with E-state index in [4.69, 9.17) is 9.97 Å². The number of likely N-dealkylation sites (N-methyl/N-ethyl adjacent to an activating group) is 1. The second-order valence-corrected chi connectivity index (χ2v) is 10.2. The number of pyridine rings is 2. The molecular formula is C28H36N6O. The fraction of sp³-hybridized carbons (Fsp3) is 0.464. The third-order valence-corrected chi connectivity index (χ3v) is 7.15. The van der Waals surface area contributed by atoms with Gasteiger partial charge in [-0.15, -0.1) is 0 Å². The van der Waals surface area contributed by atoms with Crippen LogP contribution in [0.15, 0.2) is 48.3 Å². The molecule has 2 aromatic rings. The maximum atomic E-state index is 12.3. The number of carbonyl (C=O) groups is 1. The van der Waals surface area contributed by atoms with E-state index < -0.39 is 0 Å². The summed E-state index contributed by atoms with van der Waals surface area (Å²) in [6.07, 6.45) is 10.2. The highest BCUT2D eigenvalue weighted by Crippen LogP contribution is 2.36. The van der Waals surface area contributed by atoms with E-state index in [9.17, 15) is 4.79 Å². The van der Waals surface area contributed by atoms with Crippen molar-refractivity contribution in [1.82, 2.24) is 30.0 Å². The van der Waals surface area contributed by atoms with E-state index in [1.807, 2.05) is 31.1 Å². The molecule has 0 atom stereocenters. The Morgan fingerprint density at radius 3 is 2.51 bits per heavy atom. The number of nitrogens with one attached hydrogen (secondary N) is 1. The predicted molar refractivity (Wildman–Crippen MR) is 140 cm³/mol. The minimum Gasteiger partial charge on any atom is -0.336 e. The first-order valence-electron chi connectivity index (χ1n) is 12.8. The zero-order valence-corrected chi connectivity index (χ0v) is 21.1. The van der Waals surface area contributed by atoms with E-state index in [2.05, 4.69) is 52.5 Å². The summed E-state index contributed by atoms with van der Waals surface area (Å²) in [5.74, 6) is 0. The minimum absolute atomic E-state index is 0.0172. The molecule has 184 valence electrons. The van der Waals surface area contributed by atoms with Crippen LogP contribution in [0.25, 0.3) is 16.7 Å². The van der Waals surface area contributed by atoms with Gasteiger partial charge in [-0.05, 0) is 50.6 Å². The van der Waals surface area contributed by atoms with Gasteiger partial charge in [-0.1, -0.05) is 18.2 Å². The van der Waals surface area contributed by atoms with Gasteiger partial charge >= 0.3 is 6.03 Å². The van der Waals surface area contributed by atoms with Crippen molar-refractivity contribution in [3.63, 3.8) is 0 Å². The van der Waals surface area contributed by atoms with Crippen molar-refractivity contribution >= 4 is 11.6 Å². The highest BCUT2D eigenvalue weighted by Gasteiger charge is 2.24. The lowest BCUT2D eigenvalue weighted by Crippen LogP contribution is -2.44. The monoisotopic (exact) mass is 472 g/mol. The molecule has 0 spiro atoms. The summed E-state index contributed by atoms with van der Waals surface area (Å²) in [7, 11) is 2.18. The van der Waals surface area contributed by atoms with Crippen LogP contribution in [0, 0.1) is 0 Å². The lowest BCUT2D eigenvalue weighted by atomic mass is 9.94. The third kappa shape index (κ3) is 5.46. The normalized spacial score (nSPS) is 18.9. The van der Waals surface area contributed by atoms with Crippen molar-refractivity contribution in [2.75, 3.05) is 46.3 Å². The zero-order chi connectivity index (χ0) is 24.4. The Hall–Kier alpha value is -3.03. The summed E-state index contributed by atoms with van der Waals surface area (Å²) in [6, 6.07) is 6.75. The smallest absolute Gasteiger partial charge is 0.317 e. The maximum Gasteiger partial charge on any atom is 0.317 e. The van der Waals surface area contributed by atoms with E-state index in [1.54, 1.807) is 0 Å². The fourth-order valence-electron chi connectivity index (χ4n) is 5.02. The number of piperazine rings is 1. The topological polar surface area (TPSA) is 64.6 Å². The number of allylic oxidation sites excluding steroid dienone is 2. The second kappa shape index (κ2) is 10.3. The minimum atomic E-state index is 0.0172. The number of carbonyl (C=O) groups excluding carboxylic acids is 1. The SMILES string of the molecule is CC(C)NC(=O)N1CC=C(C2=CCc3ncc(-c4ccc(CN5CCN(C)CC5)nc4)cc32)CC1. The van der Waals surface area contributed by atoms with Crippen LogP contribution in [-0.2, 0) is 13.0 Å². The molecule has 1 fully saturated rings. The molecule has 3 aliphatic rings. The van der Waals surface area contributed by atoms with Gasteiger partial charge in [-0.25, -0.2) is 4.79 Å². The van der Waals surface area contributed by atoms with Crippen LogP contribution in [0.1, 0.15) is 37.2 Å². The van der Waals surface area contributed by atoms with Gasteiger partial charge in [0, 0.05) is 87.4 Å². The van der Waals surface area contributed by atoms with Crippen LogP contribution < -0.4 is 5.32 Å². The van der Waals surface area contributed by atoms with Crippen LogP contribution in [0.2, 0.25) is 0 Å². The van der Waals surface area contributed by atoms with E-state index >= 15 is 0 Å². The summed E-state index contributed by atoms with van der Waals surface area (Å²) < 4.78 is 0. The molecule has 1 aliphatic carbocycles. The van der Waals surface area contributed by atoms with Crippen LogP contribution >= 0.6 is 0 Å². The summed E-state index contributed by atoms with van der Waals surface area (Å²) in [5, 5.41) is 2.99. The number of nitrogens with zero attached hydrogens (tertiary/aromatic N) is 5. The molecule has 1 N–H and O–H groups in total. The molecule has 2 aromatic heterocycles. The van der Waals surface area contributed by atoms with Crippen molar-refractivity contribution in [3.05, 3.63) is 65.3 Å².